The Morgan fingerprint density at radius 1 is 1.45 bits per heavy atom. The molecule has 2 N–H and O–H groups in total. The first-order valence-corrected chi connectivity index (χ1v) is 4.75. The second-order valence-electron chi connectivity index (χ2n) is 4.64. The van der Waals surface area contributed by atoms with Crippen LogP contribution in [0, 0.1) is 17.3 Å². The molecule has 66 valence electrons. The topological polar surface area (TPSA) is 26.0 Å². The Kier molecular flexibility index (Phi) is 2.29. The van der Waals surface area contributed by atoms with Crippen molar-refractivity contribution in [2.75, 3.05) is 0 Å². The van der Waals surface area contributed by atoms with E-state index in [1.807, 2.05) is 0 Å². The van der Waals surface area contributed by atoms with E-state index in [1.165, 1.54) is 12.8 Å². The van der Waals surface area contributed by atoms with Crippen LogP contribution in [0.4, 0.5) is 0 Å². The SMILES string of the molecule is CCC1C(N)CC(C)C1(C)C. The molecule has 0 aromatic carbocycles. The zero-order chi connectivity index (χ0) is 8.65. The lowest BCUT2D eigenvalue weighted by atomic mass is 9.75. The number of nitrogens with two attached hydrogens (primary N) is 1. The van der Waals surface area contributed by atoms with E-state index in [4.69, 9.17) is 5.73 Å². The van der Waals surface area contributed by atoms with Gasteiger partial charge in [-0.05, 0) is 23.7 Å². The summed E-state index contributed by atoms with van der Waals surface area (Å²) < 4.78 is 0. The number of hydrogen-bond donors (Lipinski definition) is 1. The molecule has 1 aliphatic carbocycles. The van der Waals surface area contributed by atoms with Gasteiger partial charge in [0.2, 0.25) is 0 Å². The molecule has 0 amide bonds. The maximum Gasteiger partial charge on any atom is 0.00749 e. The minimum atomic E-state index is 0.449. The van der Waals surface area contributed by atoms with Gasteiger partial charge in [-0.2, -0.15) is 0 Å². The van der Waals surface area contributed by atoms with Crippen LogP contribution in [0.3, 0.4) is 0 Å². The maximum atomic E-state index is 6.06. The highest BCUT2D eigenvalue weighted by Gasteiger charge is 2.43. The summed E-state index contributed by atoms with van der Waals surface area (Å²) in [4.78, 5) is 0. The van der Waals surface area contributed by atoms with Crippen molar-refractivity contribution in [2.24, 2.45) is 23.0 Å². The van der Waals surface area contributed by atoms with Crippen LogP contribution >= 0.6 is 0 Å². The Morgan fingerprint density at radius 3 is 2.18 bits per heavy atom. The van der Waals surface area contributed by atoms with E-state index in [2.05, 4.69) is 27.7 Å². The Bertz CT molecular complexity index is 140. The molecule has 0 spiro atoms. The third-order valence-corrected chi connectivity index (χ3v) is 3.81. The Morgan fingerprint density at radius 2 is 2.00 bits per heavy atom. The summed E-state index contributed by atoms with van der Waals surface area (Å²) in [6.07, 6.45) is 2.45. The van der Waals surface area contributed by atoms with Crippen LogP contribution < -0.4 is 5.73 Å². The van der Waals surface area contributed by atoms with Crippen molar-refractivity contribution in [3.05, 3.63) is 0 Å². The highest BCUT2D eigenvalue weighted by molar-refractivity contribution is 4.96. The van der Waals surface area contributed by atoms with Crippen LogP contribution in [-0.2, 0) is 0 Å². The predicted molar refractivity (Wildman–Crippen MR) is 49.3 cm³/mol. The molecule has 11 heavy (non-hydrogen) atoms. The van der Waals surface area contributed by atoms with Crippen molar-refractivity contribution in [1.29, 1.82) is 0 Å². The monoisotopic (exact) mass is 155 g/mol. The van der Waals surface area contributed by atoms with E-state index >= 15 is 0 Å². The molecule has 1 rings (SSSR count). The lowest BCUT2D eigenvalue weighted by Gasteiger charge is -2.31. The van der Waals surface area contributed by atoms with E-state index in [1.54, 1.807) is 0 Å². The average Bonchev–Trinajstić information content (AvgIpc) is 2.04. The largest absolute Gasteiger partial charge is 0.327 e. The normalized spacial score (nSPS) is 42.8. The molecule has 1 saturated carbocycles. The summed E-state index contributed by atoms with van der Waals surface area (Å²) in [5.41, 5.74) is 6.52. The smallest absolute Gasteiger partial charge is 0.00749 e. The van der Waals surface area contributed by atoms with Gasteiger partial charge in [-0.25, -0.2) is 0 Å². The van der Waals surface area contributed by atoms with Crippen LogP contribution in [-0.4, -0.2) is 6.04 Å². The molecule has 1 aliphatic rings. The fraction of sp³-hybridized carbons (Fsp3) is 1.00. The second kappa shape index (κ2) is 2.78. The predicted octanol–water partition coefficient (Wildman–Crippen LogP) is 2.41. The molecule has 0 bridgehead atoms. The van der Waals surface area contributed by atoms with Crippen LogP contribution in [0.5, 0.6) is 0 Å². The van der Waals surface area contributed by atoms with Gasteiger partial charge >= 0.3 is 0 Å². The van der Waals surface area contributed by atoms with Gasteiger partial charge in [0.05, 0.1) is 0 Å². The molecule has 0 aromatic rings. The van der Waals surface area contributed by atoms with E-state index in [0.717, 1.165) is 11.8 Å². The van der Waals surface area contributed by atoms with Gasteiger partial charge in [-0.3, -0.25) is 0 Å². The standard InChI is InChI=1S/C10H21N/c1-5-8-9(11)6-7(2)10(8,3)4/h7-9H,5-6,11H2,1-4H3. The lowest BCUT2D eigenvalue weighted by molar-refractivity contribution is 0.187. The molecule has 1 nitrogen and oxygen atoms in total. The molecule has 0 radical (unpaired) electrons. The van der Waals surface area contributed by atoms with Crippen LogP contribution in [0.15, 0.2) is 0 Å². The van der Waals surface area contributed by atoms with Crippen molar-refractivity contribution < 1.29 is 0 Å². The van der Waals surface area contributed by atoms with Gasteiger partial charge in [-0.15, -0.1) is 0 Å². The third kappa shape index (κ3) is 1.31. The van der Waals surface area contributed by atoms with Gasteiger partial charge < -0.3 is 5.73 Å². The van der Waals surface area contributed by atoms with Crippen molar-refractivity contribution in [3.8, 4) is 0 Å². The molecular formula is C10H21N. The zero-order valence-electron chi connectivity index (χ0n) is 8.22. The summed E-state index contributed by atoms with van der Waals surface area (Å²) in [7, 11) is 0. The Balaban J connectivity index is 2.76. The lowest BCUT2D eigenvalue weighted by Crippen LogP contribution is -2.31. The minimum Gasteiger partial charge on any atom is -0.327 e. The van der Waals surface area contributed by atoms with Gasteiger partial charge in [0, 0.05) is 6.04 Å². The molecule has 0 aliphatic heterocycles. The van der Waals surface area contributed by atoms with Gasteiger partial charge in [0.25, 0.3) is 0 Å². The molecule has 3 atom stereocenters. The Labute approximate surface area is 70.4 Å². The van der Waals surface area contributed by atoms with Crippen molar-refractivity contribution in [2.45, 2.75) is 46.6 Å². The summed E-state index contributed by atoms with van der Waals surface area (Å²) in [6, 6.07) is 0.449. The van der Waals surface area contributed by atoms with Crippen LogP contribution in [0.25, 0.3) is 0 Å². The summed E-state index contributed by atoms with van der Waals surface area (Å²) in [5.74, 6) is 1.53. The highest BCUT2D eigenvalue weighted by atomic mass is 14.7. The maximum absolute atomic E-state index is 6.06. The van der Waals surface area contributed by atoms with Crippen LogP contribution in [0.2, 0.25) is 0 Å². The molecule has 0 aromatic heterocycles. The summed E-state index contributed by atoms with van der Waals surface area (Å²) in [5, 5.41) is 0. The van der Waals surface area contributed by atoms with Crippen LogP contribution in [0.1, 0.15) is 40.5 Å². The zero-order valence-corrected chi connectivity index (χ0v) is 8.22. The average molecular weight is 155 g/mol. The van der Waals surface area contributed by atoms with Crippen molar-refractivity contribution in [1.82, 2.24) is 0 Å². The summed E-state index contributed by atoms with van der Waals surface area (Å²) in [6.45, 7) is 9.30. The molecule has 1 heteroatoms. The highest BCUT2D eigenvalue weighted by Crippen LogP contribution is 2.47. The molecular weight excluding hydrogens is 134 g/mol. The summed E-state index contributed by atoms with van der Waals surface area (Å²) >= 11 is 0. The second-order valence-corrected chi connectivity index (χ2v) is 4.64. The fourth-order valence-corrected chi connectivity index (χ4v) is 2.62. The number of rotatable bonds is 1. The third-order valence-electron chi connectivity index (χ3n) is 3.81. The van der Waals surface area contributed by atoms with E-state index in [9.17, 15) is 0 Å². The minimum absolute atomic E-state index is 0.449. The van der Waals surface area contributed by atoms with Gasteiger partial charge in [0.15, 0.2) is 0 Å². The number of hydrogen-bond acceptors (Lipinski definition) is 1. The van der Waals surface area contributed by atoms with E-state index in [-0.39, 0.29) is 0 Å². The quantitative estimate of drug-likeness (QED) is 0.618. The first-order chi connectivity index (χ1) is 5.00. The van der Waals surface area contributed by atoms with Crippen molar-refractivity contribution >= 4 is 0 Å². The fourth-order valence-electron chi connectivity index (χ4n) is 2.62. The first-order valence-electron chi connectivity index (χ1n) is 4.75. The van der Waals surface area contributed by atoms with Gasteiger partial charge in [0.1, 0.15) is 0 Å². The molecule has 0 saturated heterocycles. The van der Waals surface area contributed by atoms with E-state index < -0.39 is 0 Å². The molecule has 0 heterocycles. The Hall–Kier alpha value is -0.0400. The van der Waals surface area contributed by atoms with Crippen molar-refractivity contribution in [3.63, 3.8) is 0 Å². The van der Waals surface area contributed by atoms with E-state index in [0.29, 0.717) is 11.5 Å². The van der Waals surface area contributed by atoms with Gasteiger partial charge in [-0.1, -0.05) is 34.1 Å². The molecule has 3 unspecified atom stereocenters. The first kappa shape index (κ1) is 9.05. The molecule has 1 fully saturated rings.